The highest BCUT2D eigenvalue weighted by Crippen LogP contribution is 2.15. The molecular weight excluding hydrogens is 248 g/mol. The second-order valence-corrected chi connectivity index (χ2v) is 6.19. The smallest absolute Gasteiger partial charge is 0.128 e. The summed E-state index contributed by atoms with van der Waals surface area (Å²) in [6, 6.07) is 4.35. The number of hydrogen-bond donors (Lipinski definition) is 1. The van der Waals surface area contributed by atoms with E-state index >= 15 is 0 Å². The van der Waals surface area contributed by atoms with Gasteiger partial charge in [0.05, 0.1) is 0 Å². The third-order valence-electron chi connectivity index (χ3n) is 3.74. The minimum atomic E-state index is 0.692. The number of hydrogen-bond acceptors (Lipinski definition) is 4. The van der Waals surface area contributed by atoms with Crippen LogP contribution in [0.15, 0.2) is 18.3 Å². The quantitative estimate of drug-likeness (QED) is 0.891. The molecule has 0 aliphatic carbocycles. The van der Waals surface area contributed by atoms with Crippen LogP contribution in [-0.4, -0.2) is 49.7 Å². The van der Waals surface area contributed by atoms with Gasteiger partial charge in [-0.25, -0.2) is 4.98 Å². The zero-order valence-corrected chi connectivity index (χ0v) is 13.1. The predicted octanol–water partition coefficient (Wildman–Crippen LogP) is 1.97. The summed E-state index contributed by atoms with van der Waals surface area (Å²) in [6.07, 6.45) is 3.16. The molecule has 0 saturated carbocycles. The average molecular weight is 276 g/mol. The summed E-state index contributed by atoms with van der Waals surface area (Å²) in [5, 5.41) is 3.50. The molecule has 0 aromatic carbocycles. The van der Waals surface area contributed by atoms with Gasteiger partial charge >= 0.3 is 0 Å². The van der Waals surface area contributed by atoms with Crippen molar-refractivity contribution in [3.8, 4) is 0 Å². The van der Waals surface area contributed by atoms with Gasteiger partial charge in [0.2, 0.25) is 0 Å². The monoisotopic (exact) mass is 276 g/mol. The molecular formula is C16H28N4. The van der Waals surface area contributed by atoms with Crippen LogP contribution in [0.3, 0.4) is 0 Å². The number of likely N-dealkylation sites (N-methyl/N-ethyl adjacent to an activating group) is 1. The first-order valence-corrected chi connectivity index (χ1v) is 7.74. The van der Waals surface area contributed by atoms with E-state index in [1.54, 1.807) is 0 Å². The van der Waals surface area contributed by atoms with Gasteiger partial charge in [-0.15, -0.1) is 0 Å². The van der Waals surface area contributed by atoms with Crippen LogP contribution in [0.4, 0.5) is 5.82 Å². The van der Waals surface area contributed by atoms with Gasteiger partial charge in [-0.05, 0) is 50.2 Å². The van der Waals surface area contributed by atoms with Crippen LogP contribution in [0.1, 0.15) is 25.8 Å². The largest absolute Gasteiger partial charge is 0.355 e. The van der Waals surface area contributed by atoms with E-state index in [2.05, 4.69) is 53.1 Å². The Bertz CT molecular complexity index is 405. The Hall–Kier alpha value is -1.13. The lowest BCUT2D eigenvalue weighted by molar-refractivity contribution is 0.360. The van der Waals surface area contributed by atoms with E-state index in [-0.39, 0.29) is 0 Å². The lowest BCUT2D eigenvalue weighted by Gasteiger charge is -2.22. The molecule has 1 N–H and O–H groups in total. The minimum Gasteiger partial charge on any atom is -0.355 e. The number of rotatable bonds is 5. The van der Waals surface area contributed by atoms with Crippen LogP contribution in [-0.2, 0) is 6.54 Å². The molecule has 0 bridgehead atoms. The van der Waals surface area contributed by atoms with Gasteiger partial charge in [0.25, 0.3) is 0 Å². The number of aromatic nitrogens is 1. The lowest BCUT2D eigenvalue weighted by Crippen LogP contribution is -2.29. The van der Waals surface area contributed by atoms with Gasteiger partial charge in [-0.2, -0.15) is 0 Å². The van der Waals surface area contributed by atoms with E-state index in [0.717, 1.165) is 38.5 Å². The average Bonchev–Trinajstić information content (AvgIpc) is 2.63. The van der Waals surface area contributed by atoms with Gasteiger partial charge in [0.1, 0.15) is 5.82 Å². The van der Waals surface area contributed by atoms with Crippen molar-refractivity contribution in [2.75, 3.05) is 44.7 Å². The highest BCUT2D eigenvalue weighted by Gasteiger charge is 2.13. The van der Waals surface area contributed by atoms with Gasteiger partial charge in [-0.3, -0.25) is 0 Å². The first kappa shape index (κ1) is 15.3. The number of pyridine rings is 1. The molecule has 20 heavy (non-hydrogen) atoms. The standard InChI is InChI=1S/C16H28N4/c1-14(2)12-17-13-15-5-6-18-16(11-15)20-8-4-7-19(3)9-10-20/h5-6,11,14,17H,4,7-10,12-13H2,1-3H3. The maximum atomic E-state index is 4.55. The summed E-state index contributed by atoms with van der Waals surface area (Å²) >= 11 is 0. The fraction of sp³-hybridized carbons (Fsp3) is 0.688. The number of anilines is 1. The summed E-state index contributed by atoms with van der Waals surface area (Å²) in [4.78, 5) is 9.36. The van der Waals surface area contributed by atoms with Crippen molar-refractivity contribution in [3.63, 3.8) is 0 Å². The second-order valence-electron chi connectivity index (χ2n) is 6.19. The topological polar surface area (TPSA) is 31.4 Å². The summed E-state index contributed by atoms with van der Waals surface area (Å²) in [7, 11) is 2.20. The van der Waals surface area contributed by atoms with E-state index < -0.39 is 0 Å². The van der Waals surface area contributed by atoms with Crippen LogP contribution in [0, 0.1) is 5.92 Å². The fourth-order valence-electron chi connectivity index (χ4n) is 2.52. The Balaban J connectivity index is 1.94. The van der Waals surface area contributed by atoms with Gasteiger partial charge < -0.3 is 15.1 Å². The fourth-order valence-corrected chi connectivity index (χ4v) is 2.52. The SMILES string of the molecule is CC(C)CNCc1ccnc(N2CCCN(C)CC2)c1. The molecule has 4 nitrogen and oxygen atoms in total. The summed E-state index contributed by atoms with van der Waals surface area (Å²) < 4.78 is 0. The molecule has 0 spiro atoms. The Morgan fingerprint density at radius 1 is 1.25 bits per heavy atom. The third-order valence-corrected chi connectivity index (χ3v) is 3.74. The third kappa shape index (κ3) is 4.76. The van der Waals surface area contributed by atoms with Gasteiger partial charge in [0.15, 0.2) is 0 Å². The van der Waals surface area contributed by atoms with E-state index in [1.807, 2.05) is 6.20 Å². The lowest BCUT2D eigenvalue weighted by atomic mass is 10.2. The summed E-state index contributed by atoms with van der Waals surface area (Å²) in [5.74, 6) is 1.82. The van der Waals surface area contributed by atoms with Crippen molar-refractivity contribution in [2.24, 2.45) is 5.92 Å². The van der Waals surface area contributed by atoms with Crippen LogP contribution in [0.25, 0.3) is 0 Å². The normalized spacial score (nSPS) is 17.5. The van der Waals surface area contributed by atoms with Crippen molar-refractivity contribution in [3.05, 3.63) is 23.9 Å². The molecule has 1 aliphatic heterocycles. The van der Waals surface area contributed by atoms with Gasteiger partial charge in [0, 0.05) is 32.4 Å². The maximum Gasteiger partial charge on any atom is 0.128 e. The van der Waals surface area contributed by atoms with Crippen LogP contribution < -0.4 is 10.2 Å². The molecule has 0 amide bonds. The molecule has 1 aromatic heterocycles. The maximum absolute atomic E-state index is 4.55. The first-order valence-electron chi connectivity index (χ1n) is 7.74. The Kier molecular flexibility index (Phi) is 5.80. The molecule has 2 heterocycles. The zero-order chi connectivity index (χ0) is 14.4. The molecule has 0 atom stereocenters. The highest BCUT2D eigenvalue weighted by atomic mass is 15.2. The number of nitrogens with zero attached hydrogens (tertiary/aromatic N) is 3. The predicted molar refractivity (Wildman–Crippen MR) is 85.1 cm³/mol. The van der Waals surface area contributed by atoms with E-state index in [1.165, 1.54) is 18.5 Å². The van der Waals surface area contributed by atoms with E-state index in [0.29, 0.717) is 5.92 Å². The Morgan fingerprint density at radius 2 is 2.10 bits per heavy atom. The van der Waals surface area contributed by atoms with Crippen LogP contribution in [0.5, 0.6) is 0 Å². The number of nitrogens with one attached hydrogen (secondary N) is 1. The highest BCUT2D eigenvalue weighted by molar-refractivity contribution is 5.41. The van der Waals surface area contributed by atoms with Crippen LogP contribution >= 0.6 is 0 Å². The van der Waals surface area contributed by atoms with E-state index in [9.17, 15) is 0 Å². The van der Waals surface area contributed by atoms with Crippen molar-refractivity contribution in [2.45, 2.75) is 26.8 Å². The Morgan fingerprint density at radius 3 is 2.90 bits per heavy atom. The zero-order valence-electron chi connectivity index (χ0n) is 13.1. The molecule has 0 unspecified atom stereocenters. The van der Waals surface area contributed by atoms with Crippen molar-refractivity contribution in [1.29, 1.82) is 0 Å². The summed E-state index contributed by atoms with van der Waals surface area (Å²) in [6.45, 7) is 11.0. The van der Waals surface area contributed by atoms with Gasteiger partial charge in [-0.1, -0.05) is 13.8 Å². The minimum absolute atomic E-state index is 0.692. The summed E-state index contributed by atoms with van der Waals surface area (Å²) in [5.41, 5.74) is 1.33. The molecule has 1 aromatic rings. The molecule has 1 saturated heterocycles. The van der Waals surface area contributed by atoms with E-state index in [4.69, 9.17) is 0 Å². The molecule has 1 aliphatic rings. The first-order chi connectivity index (χ1) is 9.65. The molecule has 1 fully saturated rings. The molecule has 0 radical (unpaired) electrons. The Labute approximate surface area is 123 Å². The van der Waals surface area contributed by atoms with Crippen molar-refractivity contribution in [1.82, 2.24) is 15.2 Å². The molecule has 2 rings (SSSR count). The molecule has 112 valence electrons. The van der Waals surface area contributed by atoms with Crippen molar-refractivity contribution < 1.29 is 0 Å². The van der Waals surface area contributed by atoms with Crippen LogP contribution in [0.2, 0.25) is 0 Å². The van der Waals surface area contributed by atoms with Crippen molar-refractivity contribution >= 4 is 5.82 Å². The second kappa shape index (κ2) is 7.60. The molecule has 4 heteroatoms.